The van der Waals surface area contributed by atoms with E-state index in [9.17, 15) is 4.79 Å². The number of nitrogens with one attached hydrogen (secondary N) is 1. The second kappa shape index (κ2) is 8.82. The molecule has 116 valence electrons. The fourth-order valence-corrected chi connectivity index (χ4v) is 2.95. The molecular formula is C15H29N3O2. The van der Waals surface area contributed by atoms with E-state index < -0.39 is 5.41 Å². The van der Waals surface area contributed by atoms with Crippen LogP contribution in [-0.4, -0.2) is 23.5 Å². The Bertz CT molecular complexity index is 323. The first-order chi connectivity index (χ1) is 9.67. The summed E-state index contributed by atoms with van der Waals surface area (Å²) < 4.78 is 0. The predicted octanol–water partition coefficient (Wildman–Crippen LogP) is 2.77. The lowest BCUT2D eigenvalue weighted by molar-refractivity contribution is -0.127. The van der Waals surface area contributed by atoms with E-state index in [1.54, 1.807) is 0 Å². The van der Waals surface area contributed by atoms with Crippen molar-refractivity contribution in [2.24, 2.45) is 16.3 Å². The maximum atomic E-state index is 12.3. The van der Waals surface area contributed by atoms with Gasteiger partial charge in [-0.2, -0.15) is 0 Å². The van der Waals surface area contributed by atoms with Crippen LogP contribution >= 0.6 is 0 Å². The van der Waals surface area contributed by atoms with Gasteiger partial charge < -0.3 is 16.3 Å². The van der Waals surface area contributed by atoms with Gasteiger partial charge in [-0.3, -0.25) is 4.79 Å². The number of hydrogen-bond acceptors (Lipinski definition) is 3. The van der Waals surface area contributed by atoms with Gasteiger partial charge in [0.25, 0.3) is 0 Å². The molecule has 5 heteroatoms. The highest BCUT2D eigenvalue weighted by atomic mass is 16.4. The third-order valence-corrected chi connectivity index (χ3v) is 4.31. The third-order valence-electron chi connectivity index (χ3n) is 4.31. The van der Waals surface area contributed by atoms with Gasteiger partial charge in [-0.05, 0) is 19.3 Å². The maximum Gasteiger partial charge on any atom is 0.233 e. The summed E-state index contributed by atoms with van der Waals surface area (Å²) in [5.41, 5.74) is 4.97. The first kappa shape index (κ1) is 16.8. The molecule has 1 amide bonds. The molecule has 0 saturated heterocycles. The average Bonchev–Trinajstić information content (AvgIpc) is 2.96. The molecule has 20 heavy (non-hydrogen) atoms. The van der Waals surface area contributed by atoms with Crippen LogP contribution in [0.1, 0.15) is 71.1 Å². The number of amidine groups is 1. The molecule has 0 heterocycles. The molecule has 0 aromatic carbocycles. The lowest BCUT2D eigenvalue weighted by Crippen LogP contribution is -2.48. The van der Waals surface area contributed by atoms with Gasteiger partial charge in [-0.25, -0.2) is 0 Å². The van der Waals surface area contributed by atoms with Crippen LogP contribution in [0.15, 0.2) is 5.16 Å². The van der Waals surface area contributed by atoms with Gasteiger partial charge in [-0.15, -0.1) is 0 Å². The van der Waals surface area contributed by atoms with Crippen LogP contribution < -0.4 is 11.1 Å². The molecule has 1 aliphatic carbocycles. The molecule has 0 bridgehead atoms. The summed E-state index contributed by atoms with van der Waals surface area (Å²) in [5.74, 6) is -0.00527. The summed E-state index contributed by atoms with van der Waals surface area (Å²) >= 11 is 0. The van der Waals surface area contributed by atoms with Gasteiger partial charge in [0.15, 0.2) is 5.84 Å². The molecule has 1 rings (SSSR count). The summed E-state index contributed by atoms with van der Waals surface area (Å²) in [5, 5.41) is 14.9. The van der Waals surface area contributed by atoms with Crippen molar-refractivity contribution in [2.45, 2.75) is 71.1 Å². The van der Waals surface area contributed by atoms with Crippen LogP contribution in [-0.2, 0) is 4.79 Å². The third kappa shape index (κ3) is 4.39. The van der Waals surface area contributed by atoms with E-state index in [1.165, 1.54) is 25.7 Å². The minimum absolute atomic E-state index is 0.0652. The molecule has 4 N–H and O–H groups in total. The lowest BCUT2D eigenvalue weighted by Gasteiger charge is -2.25. The molecule has 0 aromatic rings. The Balaban J connectivity index is 2.30. The first-order valence-electron chi connectivity index (χ1n) is 7.93. The van der Waals surface area contributed by atoms with E-state index >= 15 is 0 Å². The molecule has 0 spiro atoms. The zero-order chi connectivity index (χ0) is 14.8. The molecular weight excluding hydrogens is 254 g/mol. The van der Waals surface area contributed by atoms with Gasteiger partial charge >= 0.3 is 0 Å². The minimum atomic E-state index is -0.767. The largest absolute Gasteiger partial charge is 0.409 e. The highest BCUT2D eigenvalue weighted by Crippen LogP contribution is 2.38. The summed E-state index contributed by atoms with van der Waals surface area (Å²) in [4.78, 5) is 12.3. The highest BCUT2D eigenvalue weighted by molar-refractivity contribution is 6.07. The second-order valence-corrected chi connectivity index (χ2v) is 5.80. The molecule has 1 aliphatic rings. The monoisotopic (exact) mass is 283 g/mol. The van der Waals surface area contributed by atoms with Crippen LogP contribution in [0.25, 0.3) is 0 Å². The van der Waals surface area contributed by atoms with Crippen molar-refractivity contribution < 1.29 is 10.0 Å². The Hall–Kier alpha value is -1.26. The van der Waals surface area contributed by atoms with E-state index in [0.717, 1.165) is 25.7 Å². The van der Waals surface area contributed by atoms with E-state index in [1.807, 2.05) is 0 Å². The van der Waals surface area contributed by atoms with Gasteiger partial charge in [0.1, 0.15) is 5.41 Å². The summed E-state index contributed by atoms with van der Waals surface area (Å²) in [6.45, 7) is 2.89. The Morgan fingerprint density at radius 3 is 2.40 bits per heavy atom. The number of unbranched alkanes of at least 4 members (excludes halogenated alkanes) is 5. The summed E-state index contributed by atoms with van der Waals surface area (Å²) in [6, 6.07) is 0. The van der Waals surface area contributed by atoms with Crippen molar-refractivity contribution in [3.63, 3.8) is 0 Å². The van der Waals surface area contributed by atoms with Gasteiger partial charge in [0, 0.05) is 6.54 Å². The summed E-state index contributed by atoms with van der Waals surface area (Å²) in [6.07, 6.45) is 10.5. The van der Waals surface area contributed by atoms with Gasteiger partial charge in [0.2, 0.25) is 5.91 Å². The molecule has 1 saturated carbocycles. The van der Waals surface area contributed by atoms with Crippen LogP contribution in [0.4, 0.5) is 0 Å². The summed E-state index contributed by atoms with van der Waals surface area (Å²) in [7, 11) is 0. The van der Waals surface area contributed by atoms with Crippen LogP contribution in [0.2, 0.25) is 0 Å². The number of rotatable bonds is 9. The number of oxime groups is 1. The van der Waals surface area contributed by atoms with Gasteiger partial charge in [-0.1, -0.05) is 57.0 Å². The zero-order valence-electron chi connectivity index (χ0n) is 12.7. The molecule has 5 nitrogen and oxygen atoms in total. The number of nitrogens with two attached hydrogens (primary N) is 1. The molecule has 1 fully saturated rings. The normalized spacial score (nSPS) is 18.1. The van der Waals surface area contributed by atoms with Crippen molar-refractivity contribution in [3.05, 3.63) is 0 Å². The molecule has 0 atom stereocenters. The number of amides is 1. The van der Waals surface area contributed by atoms with E-state index in [2.05, 4.69) is 17.4 Å². The Morgan fingerprint density at radius 2 is 1.80 bits per heavy atom. The van der Waals surface area contributed by atoms with Crippen molar-refractivity contribution >= 4 is 11.7 Å². The Labute approximate surface area is 122 Å². The lowest BCUT2D eigenvalue weighted by atomic mass is 9.84. The fraction of sp³-hybridized carbons (Fsp3) is 0.867. The predicted molar refractivity (Wildman–Crippen MR) is 80.7 cm³/mol. The Kier molecular flexibility index (Phi) is 7.41. The van der Waals surface area contributed by atoms with Crippen molar-refractivity contribution in [1.82, 2.24) is 5.32 Å². The van der Waals surface area contributed by atoms with Crippen molar-refractivity contribution in [2.75, 3.05) is 6.54 Å². The average molecular weight is 283 g/mol. The molecule has 0 radical (unpaired) electrons. The molecule has 0 aliphatic heterocycles. The Morgan fingerprint density at radius 1 is 1.20 bits per heavy atom. The second-order valence-electron chi connectivity index (χ2n) is 5.80. The van der Waals surface area contributed by atoms with Crippen LogP contribution in [0, 0.1) is 5.41 Å². The molecule has 0 aromatic heterocycles. The standard InChI is InChI=1S/C15H29N3O2/c1-2-3-4-5-6-9-12-17-14(19)15(13(16)18-20)10-7-8-11-15/h20H,2-12H2,1H3,(H2,16,18)(H,17,19). The van der Waals surface area contributed by atoms with Crippen molar-refractivity contribution in [1.29, 1.82) is 0 Å². The maximum absolute atomic E-state index is 12.3. The highest BCUT2D eigenvalue weighted by Gasteiger charge is 2.45. The molecule has 0 unspecified atom stereocenters. The quantitative estimate of drug-likeness (QED) is 0.200. The fourth-order valence-electron chi connectivity index (χ4n) is 2.95. The van der Waals surface area contributed by atoms with Crippen LogP contribution in [0.3, 0.4) is 0 Å². The van der Waals surface area contributed by atoms with Crippen molar-refractivity contribution in [3.8, 4) is 0 Å². The number of carbonyl (C=O) groups excluding carboxylic acids is 1. The first-order valence-corrected chi connectivity index (χ1v) is 7.93. The topological polar surface area (TPSA) is 87.7 Å². The van der Waals surface area contributed by atoms with E-state index in [-0.39, 0.29) is 11.7 Å². The number of hydrogen-bond donors (Lipinski definition) is 3. The number of carbonyl (C=O) groups is 1. The zero-order valence-corrected chi connectivity index (χ0v) is 12.7. The van der Waals surface area contributed by atoms with Gasteiger partial charge in [0.05, 0.1) is 0 Å². The van der Waals surface area contributed by atoms with E-state index in [4.69, 9.17) is 10.9 Å². The van der Waals surface area contributed by atoms with Crippen LogP contribution in [0.5, 0.6) is 0 Å². The smallest absolute Gasteiger partial charge is 0.233 e. The minimum Gasteiger partial charge on any atom is -0.409 e. The SMILES string of the molecule is CCCCCCCCNC(=O)C1(C(N)=NO)CCCC1. The number of nitrogens with zero attached hydrogens (tertiary/aromatic N) is 1. The van der Waals surface area contributed by atoms with E-state index in [0.29, 0.717) is 19.4 Å².